The first-order valence-corrected chi connectivity index (χ1v) is 12.3. The molecule has 0 aliphatic heterocycles. The third-order valence-corrected chi connectivity index (χ3v) is 8.04. The Morgan fingerprint density at radius 1 is 1.10 bits per heavy atom. The maximum atomic E-state index is 13.0. The summed E-state index contributed by atoms with van der Waals surface area (Å²) in [6.45, 7) is 4.06. The molecule has 0 amide bonds. The van der Waals surface area contributed by atoms with Crippen molar-refractivity contribution in [2.75, 3.05) is 0 Å². The van der Waals surface area contributed by atoms with Crippen LogP contribution in [0, 0.1) is 13.8 Å². The Morgan fingerprint density at radius 3 is 2.65 bits per heavy atom. The number of fused-ring (bicyclic) bond motifs is 2. The van der Waals surface area contributed by atoms with Gasteiger partial charge in [0.25, 0.3) is 11.1 Å². The van der Waals surface area contributed by atoms with E-state index < -0.39 is 0 Å². The van der Waals surface area contributed by atoms with Crippen LogP contribution in [-0.2, 0) is 12.8 Å². The van der Waals surface area contributed by atoms with E-state index in [-0.39, 0.29) is 11.1 Å². The average Bonchev–Trinajstić information content (AvgIpc) is 3.34. The number of H-pyrrole nitrogens is 1. The van der Waals surface area contributed by atoms with Gasteiger partial charge in [0.2, 0.25) is 0 Å². The van der Waals surface area contributed by atoms with Crippen molar-refractivity contribution in [1.82, 2.24) is 19.5 Å². The normalized spacial score (nSPS) is 11.6. The first-order valence-electron chi connectivity index (χ1n) is 9.58. The van der Waals surface area contributed by atoms with Gasteiger partial charge in [0, 0.05) is 17.5 Å². The van der Waals surface area contributed by atoms with E-state index in [1.807, 2.05) is 49.6 Å². The molecule has 9 heteroatoms. The molecule has 0 saturated carbocycles. The molecule has 0 unspecified atom stereocenters. The number of hydrogen-bond acceptors (Lipinski definition) is 7. The summed E-state index contributed by atoms with van der Waals surface area (Å²) in [5, 5.41) is 3.09. The van der Waals surface area contributed by atoms with Crippen LogP contribution >= 0.6 is 34.4 Å². The van der Waals surface area contributed by atoms with Crippen molar-refractivity contribution < 1.29 is 0 Å². The Kier molecular flexibility index (Phi) is 5.04. The summed E-state index contributed by atoms with van der Waals surface area (Å²) in [5.41, 5.74) is 3.64. The van der Waals surface area contributed by atoms with Crippen LogP contribution in [-0.4, -0.2) is 19.5 Å². The van der Waals surface area contributed by atoms with Crippen LogP contribution in [0.2, 0.25) is 0 Å². The lowest BCUT2D eigenvalue weighted by Crippen LogP contribution is -2.19. The van der Waals surface area contributed by atoms with Gasteiger partial charge in [-0.2, -0.15) is 0 Å². The van der Waals surface area contributed by atoms with Gasteiger partial charge in [-0.25, -0.2) is 9.97 Å². The number of benzene rings is 1. The first kappa shape index (κ1) is 20.2. The molecule has 6 nitrogen and oxygen atoms in total. The number of aryl methyl sites for hydroxylation is 2. The zero-order valence-corrected chi connectivity index (χ0v) is 19.5. The molecule has 0 saturated heterocycles. The number of aromatic nitrogens is 4. The molecule has 0 radical (unpaired) electrons. The molecule has 156 valence electrons. The van der Waals surface area contributed by atoms with E-state index in [0.29, 0.717) is 32.3 Å². The van der Waals surface area contributed by atoms with Crippen molar-refractivity contribution >= 4 is 54.9 Å². The van der Waals surface area contributed by atoms with E-state index in [4.69, 9.17) is 4.98 Å². The van der Waals surface area contributed by atoms with E-state index in [0.717, 1.165) is 20.8 Å². The molecule has 5 rings (SSSR count). The highest BCUT2D eigenvalue weighted by Crippen LogP contribution is 2.35. The highest BCUT2D eigenvalue weighted by molar-refractivity contribution is 7.98. The van der Waals surface area contributed by atoms with E-state index in [1.54, 1.807) is 11.6 Å². The molecule has 0 aliphatic carbocycles. The zero-order chi connectivity index (χ0) is 21.7. The fourth-order valence-electron chi connectivity index (χ4n) is 3.53. The molecule has 0 bridgehead atoms. The fraction of sp³-hybridized carbons (Fsp3) is 0.182. The third-order valence-electron chi connectivity index (χ3n) is 5.11. The van der Waals surface area contributed by atoms with Crippen LogP contribution in [0.25, 0.3) is 31.6 Å². The van der Waals surface area contributed by atoms with Gasteiger partial charge in [-0.1, -0.05) is 41.6 Å². The van der Waals surface area contributed by atoms with Crippen LogP contribution in [0.4, 0.5) is 0 Å². The Bertz CT molecular complexity index is 1560. The van der Waals surface area contributed by atoms with Crippen molar-refractivity contribution in [2.24, 2.45) is 7.05 Å². The number of aromatic amines is 1. The molecule has 31 heavy (non-hydrogen) atoms. The van der Waals surface area contributed by atoms with E-state index >= 15 is 0 Å². The van der Waals surface area contributed by atoms with E-state index in [2.05, 4.69) is 9.97 Å². The van der Waals surface area contributed by atoms with Crippen LogP contribution in [0.5, 0.6) is 0 Å². The first-order chi connectivity index (χ1) is 14.9. The van der Waals surface area contributed by atoms with Crippen LogP contribution < -0.4 is 11.1 Å². The molecule has 0 atom stereocenters. The molecule has 4 aromatic heterocycles. The highest BCUT2D eigenvalue weighted by Gasteiger charge is 2.17. The summed E-state index contributed by atoms with van der Waals surface area (Å²) in [6.07, 6.45) is 0. The lowest BCUT2D eigenvalue weighted by atomic mass is 10.0. The van der Waals surface area contributed by atoms with Crippen molar-refractivity contribution in [3.63, 3.8) is 0 Å². The lowest BCUT2D eigenvalue weighted by molar-refractivity contribution is 0.727. The second kappa shape index (κ2) is 7.74. The highest BCUT2D eigenvalue weighted by atomic mass is 32.2. The molecular formula is C22H18N4O2S3. The second-order valence-corrected chi connectivity index (χ2v) is 10.3. The number of thiophene rings is 2. The third kappa shape index (κ3) is 3.52. The summed E-state index contributed by atoms with van der Waals surface area (Å²) in [5.74, 6) is 0.983. The maximum absolute atomic E-state index is 13.0. The number of thioether (sulfide) groups is 1. The molecule has 0 aliphatic rings. The monoisotopic (exact) mass is 466 g/mol. The van der Waals surface area contributed by atoms with Crippen molar-refractivity contribution in [3.05, 3.63) is 72.7 Å². The molecule has 0 fully saturated rings. The minimum absolute atomic E-state index is 0.0592. The second-order valence-electron chi connectivity index (χ2n) is 7.27. The fourth-order valence-corrected chi connectivity index (χ4v) is 6.24. The van der Waals surface area contributed by atoms with Gasteiger partial charge in [-0.3, -0.25) is 14.2 Å². The lowest BCUT2D eigenvalue weighted by Gasteiger charge is -2.07. The van der Waals surface area contributed by atoms with Crippen LogP contribution in [0.3, 0.4) is 0 Å². The average molecular weight is 467 g/mol. The van der Waals surface area contributed by atoms with Gasteiger partial charge in [0.05, 0.1) is 16.7 Å². The molecule has 5 aromatic rings. The van der Waals surface area contributed by atoms with Crippen molar-refractivity contribution in [2.45, 2.75) is 24.8 Å². The van der Waals surface area contributed by atoms with Gasteiger partial charge in [-0.05, 0) is 30.9 Å². The van der Waals surface area contributed by atoms with Gasteiger partial charge in [-0.15, -0.1) is 22.7 Å². The summed E-state index contributed by atoms with van der Waals surface area (Å²) in [4.78, 5) is 39.5. The van der Waals surface area contributed by atoms with Crippen molar-refractivity contribution in [3.8, 4) is 11.1 Å². The summed E-state index contributed by atoms with van der Waals surface area (Å²) < 4.78 is 2.20. The Morgan fingerprint density at radius 2 is 1.87 bits per heavy atom. The summed E-state index contributed by atoms with van der Waals surface area (Å²) >= 11 is 4.31. The van der Waals surface area contributed by atoms with E-state index in [9.17, 15) is 9.59 Å². The predicted molar refractivity (Wildman–Crippen MR) is 130 cm³/mol. The van der Waals surface area contributed by atoms with Crippen molar-refractivity contribution in [1.29, 1.82) is 0 Å². The number of rotatable bonds is 4. The molecular weight excluding hydrogens is 448 g/mol. The standard InChI is InChI=1S/C22H18N4O2S3/c1-11-4-6-13(7-5-11)16-12(2)31-20-17(16)19(27)24-15(25-20)10-30-22-23-14-8-9-29-18(14)21(28)26(22)3/h4-9H,10H2,1-3H3,(H,24,25,27). The largest absolute Gasteiger partial charge is 0.309 e. The number of hydrogen-bond donors (Lipinski definition) is 1. The van der Waals surface area contributed by atoms with Gasteiger partial charge in [0.1, 0.15) is 15.4 Å². The topological polar surface area (TPSA) is 80.6 Å². The minimum atomic E-state index is -0.143. The van der Waals surface area contributed by atoms with Gasteiger partial charge >= 0.3 is 0 Å². The SMILES string of the molecule is Cc1ccc(-c2c(C)sc3nc(CSc4nc5ccsc5c(=O)n4C)[nH]c(=O)c23)cc1. The Hall–Kier alpha value is -2.75. The molecule has 1 aromatic carbocycles. The van der Waals surface area contributed by atoms with E-state index in [1.165, 1.54) is 40.0 Å². The van der Waals surface area contributed by atoms with Gasteiger partial charge < -0.3 is 4.98 Å². The molecule has 1 N–H and O–H groups in total. The minimum Gasteiger partial charge on any atom is -0.309 e. The number of nitrogens with one attached hydrogen (secondary N) is 1. The molecule has 4 heterocycles. The summed E-state index contributed by atoms with van der Waals surface area (Å²) in [7, 11) is 1.71. The van der Waals surface area contributed by atoms with Crippen LogP contribution in [0.1, 0.15) is 16.3 Å². The smallest absolute Gasteiger partial charge is 0.271 e. The summed E-state index contributed by atoms with van der Waals surface area (Å²) in [6, 6.07) is 10.0. The Balaban J connectivity index is 1.51. The number of nitrogens with zero attached hydrogens (tertiary/aromatic N) is 3. The van der Waals surface area contributed by atoms with Crippen LogP contribution in [0.15, 0.2) is 50.5 Å². The maximum Gasteiger partial charge on any atom is 0.271 e. The predicted octanol–water partition coefficient (Wildman–Crippen LogP) is 4.87. The van der Waals surface area contributed by atoms with Gasteiger partial charge in [0.15, 0.2) is 5.16 Å². The zero-order valence-electron chi connectivity index (χ0n) is 17.1. The quantitative estimate of drug-likeness (QED) is 0.302. The Labute approximate surface area is 189 Å². The molecule has 0 spiro atoms.